The first-order valence-corrected chi connectivity index (χ1v) is 16.5. The molecule has 250 valence electrons. The lowest BCUT2D eigenvalue weighted by Gasteiger charge is -2.24. The maximum Gasteiger partial charge on any atom is 0.524 e. The summed E-state index contributed by atoms with van der Waals surface area (Å²) in [6.07, 6.45) is 5.31. The van der Waals surface area contributed by atoms with Crippen molar-refractivity contribution in [3.63, 3.8) is 0 Å². The number of nitrogens with zero attached hydrogens (tertiary/aromatic N) is 4. The van der Waals surface area contributed by atoms with E-state index in [0.29, 0.717) is 27.8 Å². The van der Waals surface area contributed by atoms with Gasteiger partial charge in [-0.25, -0.2) is 28.6 Å². The van der Waals surface area contributed by atoms with Crippen molar-refractivity contribution in [3.05, 3.63) is 82.8 Å². The Morgan fingerprint density at radius 2 is 1.58 bits per heavy atom. The Morgan fingerprint density at radius 1 is 0.938 bits per heavy atom. The first-order valence-electron chi connectivity index (χ1n) is 14.9. The van der Waals surface area contributed by atoms with Crippen LogP contribution in [-0.4, -0.2) is 67.1 Å². The van der Waals surface area contributed by atoms with Gasteiger partial charge in [0.15, 0.2) is 5.82 Å². The van der Waals surface area contributed by atoms with Gasteiger partial charge in [0, 0.05) is 23.8 Å². The number of esters is 1. The van der Waals surface area contributed by atoms with Crippen molar-refractivity contribution in [2.75, 3.05) is 11.7 Å². The minimum atomic E-state index is -4.79. The molecule has 16 nitrogen and oxygen atoms in total. The lowest BCUT2D eigenvalue weighted by Crippen LogP contribution is -2.31. The fourth-order valence-electron chi connectivity index (χ4n) is 4.88. The number of carbonyl (C=O) groups excluding carboxylic acids is 4. The minimum Gasteiger partial charge on any atom is -0.424 e. The summed E-state index contributed by atoms with van der Waals surface area (Å²) in [7, 11) is -4.79. The fraction of sp³-hybridized carbons (Fsp3) is 0.290. The fourth-order valence-corrected chi connectivity index (χ4v) is 5.28. The summed E-state index contributed by atoms with van der Waals surface area (Å²) in [5.74, 6) is -1.62. The molecule has 0 radical (unpaired) electrons. The molecular weight excluding hydrogens is 647 g/mol. The molecule has 4 N–H and O–H groups in total. The Morgan fingerprint density at radius 3 is 2.23 bits per heavy atom. The Balaban J connectivity index is 1.29. The normalized spacial score (nSPS) is 14.2. The summed E-state index contributed by atoms with van der Waals surface area (Å²) in [6.45, 7) is 2.61. The molecule has 0 bridgehead atoms. The second-order valence-electron chi connectivity index (χ2n) is 11.4. The summed E-state index contributed by atoms with van der Waals surface area (Å²) < 4.78 is 27.5. The number of hydrogen-bond donors (Lipinski definition) is 4. The highest BCUT2D eigenvalue weighted by Gasteiger charge is 2.31. The number of benzene rings is 2. The smallest absolute Gasteiger partial charge is 0.424 e. The number of aromatic nitrogens is 3. The highest BCUT2D eigenvalue weighted by Crippen LogP contribution is 2.38. The molecule has 2 saturated carbocycles. The van der Waals surface area contributed by atoms with Gasteiger partial charge in [0.1, 0.15) is 17.6 Å². The van der Waals surface area contributed by atoms with Crippen molar-refractivity contribution in [2.45, 2.75) is 51.6 Å². The van der Waals surface area contributed by atoms with Gasteiger partial charge in [0.05, 0.1) is 16.8 Å². The van der Waals surface area contributed by atoms with Crippen LogP contribution in [0.25, 0.3) is 5.52 Å². The van der Waals surface area contributed by atoms with E-state index in [1.54, 1.807) is 32.2 Å². The van der Waals surface area contributed by atoms with Crippen molar-refractivity contribution in [1.29, 1.82) is 0 Å². The summed E-state index contributed by atoms with van der Waals surface area (Å²) in [4.78, 5) is 75.9. The molecule has 2 aliphatic rings. The second kappa shape index (κ2) is 13.1. The SMILES string of the molecule is Cc1ccc(C(=O)NC2CC2)cc1N(C(=O)OCOC(=O)c1ccc(OP(=O)(O)O)cc1)c1ncnn2cc(C(=O)NC3CC3)c(C)c12. The molecule has 2 aromatic carbocycles. The third-order valence-corrected chi connectivity index (χ3v) is 8.12. The van der Waals surface area contributed by atoms with E-state index in [4.69, 9.17) is 19.3 Å². The molecule has 2 aromatic heterocycles. The maximum atomic E-state index is 13.9. The molecule has 2 heterocycles. The van der Waals surface area contributed by atoms with Gasteiger partial charge < -0.3 is 24.6 Å². The molecule has 0 unspecified atom stereocenters. The van der Waals surface area contributed by atoms with Gasteiger partial charge in [-0.3, -0.25) is 19.4 Å². The number of phosphoric acid groups is 1. The lowest BCUT2D eigenvalue weighted by atomic mass is 10.1. The van der Waals surface area contributed by atoms with Crippen LogP contribution in [-0.2, 0) is 14.0 Å². The van der Waals surface area contributed by atoms with Crippen LogP contribution in [0.3, 0.4) is 0 Å². The van der Waals surface area contributed by atoms with Gasteiger partial charge >= 0.3 is 19.9 Å². The summed E-state index contributed by atoms with van der Waals surface area (Å²) in [5.41, 5.74) is 2.29. The zero-order valence-corrected chi connectivity index (χ0v) is 26.7. The quantitative estimate of drug-likeness (QED) is 0.102. The third-order valence-electron chi connectivity index (χ3n) is 7.67. The van der Waals surface area contributed by atoms with Gasteiger partial charge in [-0.1, -0.05) is 6.07 Å². The predicted molar refractivity (Wildman–Crippen MR) is 168 cm³/mol. The molecule has 0 atom stereocenters. The van der Waals surface area contributed by atoms with E-state index in [-0.39, 0.29) is 46.7 Å². The second-order valence-corrected chi connectivity index (χ2v) is 12.6. The van der Waals surface area contributed by atoms with Crippen LogP contribution < -0.4 is 20.1 Å². The third kappa shape index (κ3) is 7.46. The highest BCUT2D eigenvalue weighted by molar-refractivity contribution is 7.46. The Labute approximate surface area is 273 Å². The highest BCUT2D eigenvalue weighted by atomic mass is 31.2. The number of aryl methyl sites for hydroxylation is 2. The lowest BCUT2D eigenvalue weighted by molar-refractivity contribution is -0.0000794. The van der Waals surface area contributed by atoms with Crippen molar-refractivity contribution >= 4 is 48.7 Å². The molecule has 4 aromatic rings. The largest absolute Gasteiger partial charge is 0.524 e. The molecule has 17 heteroatoms. The van der Waals surface area contributed by atoms with Crippen molar-refractivity contribution in [2.24, 2.45) is 0 Å². The monoisotopic (exact) mass is 678 g/mol. The van der Waals surface area contributed by atoms with Crippen LogP contribution in [0.15, 0.2) is 55.0 Å². The van der Waals surface area contributed by atoms with Crippen LogP contribution in [0.5, 0.6) is 5.75 Å². The number of rotatable bonds is 11. The predicted octanol–water partition coefficient (Wildman–Crippen LogP) is 3.69. The van der Waals surface area contributed by atoms with Crippen LogP contribution in [0, 0.1) is 13.8 Å². The first kappa shape index (κ1) is 32.6. The number of amides is 3. The van der Waals surface area contributed by atoms with E-state index >= 15 is 0 Å². The van der Waals surface area contributed by atoms with Crippen molar-refractivity contribution in [3.8, 4) is 5.75 Å². The van der Waals surface area contributed by atoms with E-state index in [1.165, 1.54) is 29.0 Å². The molecule has 2 aliphatic carbocycles. The van der Waals surface area contributed by atoms with E-state index in [0.717, 1.165) is 42.7 Å². The zero-order chi connectivity index (χ0) is 34.2. The summed E-state index contributed by atoms with van der Waals surface area (Å²) in [5, 5.41) is 10.1. The van der Waals surface area contributed by atoms with Crippen molar-refractivity contribution in [1.82, 2.24) is 25.2 Å². The van der Waals surface area contributed by atoms with E-state index in [2.05, 4.69) is 25.2 Å². The number of phosphoric ester groups is 1. The molecule has 3 amide bonds. The number of nitrogens with one attached hydrogen (secondary N) is 2. The average molecular weight is 679 g/mol. The van der Waals surface area contributed by atoms with Gasteiger partial charge in [-0.15, -0.1) is 0 Å². The van der Waals surface area contributed by atoms with Gasteiger partial charge in [0.2, 0.25) is 6.79 Å². The molecule has 0 aliphatic heterocycles. The Bertz CT molecular complexity index is 1970. The Hall–Kier alpha value is -5.31. The standard InChI is InChI=1S/C31H31N6O10P/c1-17-3-4-20(28(38)34-21-7-8-21)13-25(17)37(27-26-18(2)24(14-36(26)33-15-32-27)29(39)35-22-9-10-22)31(41)46-16-45-30(40)19-5-11-23(12-6-19)47-48(42,43)44/h3-6,11-15,21-22H,7-10,16H2,1-2H3,(H,34,38)(H,35,39)(H2,42,43,44). The van der Waals surface area contributed by atoms with Gasteiger partial charge in [-0.2, -0.15) is 5.10 Å². The van der Waals surface area contributed by atoms with E-state index in [9.17, 15) is 23.7 Å². The topological polar surface area (TPSA) is 211 Å². The summed E-state index contributed by atoms with van der Waals surface area (Å²) >= 11 is 0. The number of anilines is 2. The molecule has 48 heavy (non-hydrogen) atoms. The average Bonchev–Trinajstić information content (AvgIpc) is 3.98. The molecular formula is C31H31N6O10P. The maximum absolute atomic E-state index is 13.9. The van der Waals surface area contributed by atoms with E-state index in [1.807, 2.05) is 0 Å². The molecule has 0 spiro atoms. The van der Waals surface area contributed by atoms with Gasteiger partial charge in [-0.05, 0) is 87.1 Å². The zero-order valence-electron chi connectivity index (χ0n) is 25.8. The number of hydrogen-bond acceptors (Lipinski definition) is 10. The van der Waals surface area contributed by atoms with Crippen LogP contribution in [0.4, 0.5) is 16.3 Å². The number of ether oxygens (including phenoxy) is 2. The van der Waals surface area contributed by atoms with E-state index < -0.39 is 26.7 Å². The van der Waals surface area contributed by atoms with Crippen LogP contribution in [0.2, 0.25) is 0 Å². The molecule has 6 rings (SSSR count). The molecule has 0 saturated heterocycles. The number of fused-ring (bicyclic) bond motifs is 1. The first-order chi connectivity index (χ1) is 22.9. The minimum absolute atomic E-state index is 0.00971. The van der Waals surface area contributed by atoms with Crippen molar-refractivity contribution < 1.29 is 47.5 Å². The molecule has 2 fully saturated rings. The number of carbonyl (C=O) groups is 4. The van der Waals surface area contributed by atoms with Crippen LogP contribution >= 0.6 is 7.82 Å². The summed E-state index contributed by atoms with van der Waals surface area (Å²) in [6, 6.07) is 9.80. The Kier molecular flexibility index (Phi) is 8.88. The van der Waals surface area contributed by atoms with Crippen LogP contribution in [0.1, 0.15) is 67.9 Å². The van der Waals surface area contributed by atoms with Gasteiger partial charge in [0.25, 0.3) is 11.8 Å².